The van der Waals surface area contributed by atoms with E-state index in [1.807, 2.05) is 6.07 Å². The third-order valence-electron chi connectivity index (χ3n) is 3.22. The second-order valence-corrected chi connectivity index (χ2v) is 5.98. The van der Waals surface area contributed by atoms with Crippen molar-refractivity contribution in [2.75, 3.05) is 13.2 Å². The largest absolute Gasteiger partial charge is 0.376 e. The molecule has 0 heterocycles. The van der Waals surface area contributed by atoms with Gasteiger partial charge in [0.25, 0.3) is 5.91 Å². The van der Waals surface area contributed by atoms with Gasteiger partial charge in [-0.05, 0) is 31.0 Å². The van der Waals surface area contributed by atoms with Crippen LogP contribution < -0.4 is 5.32 Å². The lowest BCUT2D eigenvalue weighted by Crippen LogP contribution is -2.28. The van der Waals surface area contributed by atoms with Gasteiger partial charge >= 0.3 is 0 Å². The highest BCUT2D eigenvalue weighted by atomic mass is 79.9. The molecule has 0 atom stereocenters. The van der Waals surface area contributed by atoms with Crippen LogP contribution in [0.2, 0.25) is 5.02 Å². The summed E-state index contributed by atoms with van der Waals surface area (Å²) in [6, 6.07) is 5.23. The van der Waals surface area contributed by atoms with Crippen molar-refractivity contribution in [1.82, 2.24) is 5.32 Å². The van der Waals surface area contributed by atoms with Gasteiger partial charge in [0, 0.05) is 11.0 Å². The van der Waals surface area contributed by atoms with Crippen LogP contribution in [-0.2, 0) is 4.74 Å². The van der Waals surface area contributed by atoms with Crippen molar-refractivity contribution in [2.45, 2.75) is 31.8 Å². The molecule has 1 aromatic rings. The molecule has 1 aromatic carbocycles. The molecule has 1 fully saturated rings. The van der Waals surface area contributed by atoms with E-state index in [0.717, 1.165) is 17.3 Å². The zero-order chi connectivity index (χ0) is 13.7. The van der Waals surface area contributed by atoms with E-state index in [1.54, 1.807) is 12.1 Å². The second-order valence-electron chi connectivity index (χ2n) is 4.66. The van der Waals surface area contributed by atoms with Gasteiger partial charge in [-0.15, -0.1) is 0 Å². The van der Waals surface area contributed by atoms with Crippen molar-refractivity contribution >= 4 is 33.4 Å². The molecule has 104 valence electrons. The fourth-order valence-corrected chi connectivity index (χ4v) is 2.78. The lowest BCUT2D eigenvalue weighted by molar-refractivity contribution is 0.0582. The molecule has 1 saturated carbocycles. The summed E-state index contributed by atoms with van der Waals surface area (Å²) in [7, 11) is 0. The molecule has 0 spiro atoms. The molecule has 0 unspecified atom stereocenters. The zero-order valence-electron chi connectivity index (χ0n) is 10.6. The second kappa shape index (κ2) is 7.27. The Morgan fingerprint density at radius 3 is 2.89 bits per heavy atom. The summed E-state index contributed by atoms with van der Waals surface area (Å²) in [6.07, 6.45) is 5.18. The molecule has 0 radical (unpaired) electrons. The SMILES string of the molecule is O=C(NCCOC1CCCC1)c1cc(Br)ccc1Cl. The third-order valence-corrected chi connectivity index (χ3v) is 4.04. The number of ether oxygens (including phenoxy) is 1. The minimum absolute atomic E-state index is 0.165. The van der Waals surface area contributed by atoms with Gasteiger partial charge < -0.3 is 10.1 Å². The fraction of sp³-hybridized carbons (Fsp3) is 0.500. The maximum atomic E-state index is 11.9. The Balaban J connectivity index is 1.75. The predicted molar refractivity (Wildman–Crippen MR) is 79.7 cm³/mol. The number of benzene rings is 1. The van der Waals surface area contributed by atoms with Crippen LogP contribution in [0.4, 0.5) is 0 Å². The molecule has 0 saturated heterocycles. The highest BCUT2D eigenvalue weighted by Crippen LogP contribution is 2.21. The Labute approximate surface area is 126 Å². The molecule has 0 aromatic heterocycles. The van der Waals surface area contributed by atoms with E-state index < -0.39 is 0 Å². The van der Waals surface area contributed by atoms with Gasteiger partial charge in [-0.1, -0.05) is 40.4 Å². The Kier molecular flexibility index (Phi) is 5.67. The van der Waals surface area contributed by atoms with E-state index in [-0.39, 0.29) is 5.91 Å². The molecule has 1 aliphatic rings. The summed E-state index contributed by atoms with van der Waals surface area (Å²) < 4.78 is 6.52. The lowest BCUT2D eigenvalue weighted by Gasteiger charge is -2.12. The zero-order valence-corrected chi connectivity index (χ0v) is 13.0. The van der Waals surface area contributed by atoms with E-state index in [9.17, 15) is 4.79 Å². The maximum absolute atomic E-state index is 11.9. The summed E-state index contributed by atoms with van der Waals surface area (Å²) in [4.78, 5) is 11.9. The summed E-state index contributed by atoms with van der Waals surface area (Å²) in [5, 5.41) is 3.28. The minimum atomic E-state index is -0.165. The lowest BCUT2D eigenvalue weighted by atomic mass is 10.2. The quantitative estimate of drug-likeness (QED) is 0.824. The molecular formula is C14H17BrClNO2. The van der Waals surface area contributed by atoms with Gasteiger partial charge in [-0.3, -0.25) is 4.79 Å². The molecule has 1 amide bonds. The summed E-state index contributed by atoms with van der Waals surface area (Å²) in [6.45, 7) is 1.07. The minimum Gasteiger partial charge on any atom is -0.376 e. The first kappa shape index (κ1) is 14.8. The van der Waals surface area contributed by atoms with Gasteiger partial charge in [0.2, 0.25) is 0 Å². The Morgan fingerprint density at radius 2 is 2.16 bits per heavy atom. The van der Waals surface area contributed by atoms with Gasteiger partial charge in [0.1, 0.15) is 0 Å². The highest BCUT2D eigenvalue weighted by molar-refractivity contribution is 9.10. The topological polar surface area (TPSA) is 38.3 Å². The molecule has 1 N–H and O–H groups in total. The normalized spacial score (nSPS) is 15.7. The summed E-state index contributed by atoms with van der Waals surface area (Å²) in [5.41, 5.74) is 0.483. The number of rotatable bonds is 5. The van der Waals surface area contributed by atoms with Crippen molar-refractivity contribution in [3.05, 3.63) is 33.3 Å². The molecule has 2 rings (SSSR count). The average Bonchev–Trinajstić information content (AvgIpc) is 2.90. The van der Waals surface area contributed by atoms with Crippen molar-refractivity contribution < 1.29 is 9.53 Å². The van der Waals surface area contributed by atoms with Crippen molar-refractivity contribution in [1.29, 1.82) is 0 Å². The van der Waals surface area contributed by atoms with E-state index in [4.69, 9.17) is 16.3 Å². The van der Waals surface area contributed by atoms with Crippen LogP contribution in [0.15, 0.2) is 22.7 Å². The molecule has 3 nitrogen and oxygen atoms in total. The van der Waals surface area contributed by atoms with Crippen LogP contribution in [0.25, 0.3) is 0 Å². The fourth-order valence-electron chi connectivity index (χ4n) is 2.21. The Bertz CT molecular complexity index is 447. The third kappa shape index (κ3) is 4.48. The standard InChI is InChI=1S/C14H17BrClNO2/c15-10-5-6-13(16)12(9-10)14(18)17-7-8-19-11-3-1-2-4-11/h5-6,9,11H,1-4,7-8H2,(H,17,18). The predicted octanol–water partition coefficient (Wildman–Crippen LogP) is 3.79. The molecule has 0 bridgehead atoms. The average molecular weight is 347 g/mol. The monoisotopic (exact) mass is 345 g/mol. The Morgan fingerprint density at radius 1 is 1.42 bits per heavy atom. The molecule has 5 heteroatoms. The van der Waals surface area contributed by atoms with Gasteiger partial charge in [0.05, 0.1) is 23.3 Å². The molecule has 0 aliphatic heterocycles. The van der Waals surface area contributed by atoms with Crippen LogP contribution in [0.3, 0.4) is 0 Å². The van der Waals surface area contributed by atoms with Gasteiger partial charge in [0.15, 0.2) is 0 Å². The van der Waals surface area contributed by atoms with E-state index in [1.165, 1.54) is 12.8 Å². The maximum Gasteiger partial charge on any atom is 0.252 e. The highest BCUT2D eigenvalue weighted by Gasteiger charge is 2.15. The summed E-state index contributed by atoms with van der Waals surface area (Å²) >= 11 is 9.32. The van der Waals surface area contributed by atoms with Crippen molar-refractivity contribution in [3.63, 3.8) is 0 Å². The van der Waals surface area contributed by atoms with E-state index in [2.05, 4.69) is 21.2 Å². The van der Waals surface area contributed by atoms with Gasteiger partial charge in [-0.2, -0.15) is 0 Å². The van der Waals surface area contributed by atoms with E-state index in [0.29, 0.717) is 29.8 Å². The Hall–Kier alpha value is -0.580. The van der Waals surface area contributed by atoms with Crippen LogP contribution in [0.5, 0.6) is 0 Å². The molecule has 19 heavy (non-hydrogen) atoms. The summed E-state index contributed by atoms with van der Waals surface area (Å²) in [5.74, 6) is -0.165. The van der Waals surface area contributed by atoms with Crippen molar-refractivity contribution in [2.24, 2.45) is 0 Å². The number of nitrogens with one attached hydrogen (secondary N) is 1. The van der Waals surface area contributed by atoms with E-state index >= 15 is 0 Å². The van der Waals surface area contributed by atoms with Crippen LogP contribution in [-0.4, -0.2) is 25.2 Å². The first-order chi connectivity index (χ1) is 9.16. The van der Waals surface area contributed by atoms with Crippen molar-refractivity contribution in [3.8, 4) is 0 Å². The number of carbonyl (C=O) groups is 1. The molecule has 1 aliphatic carbocycles. The number of amides is 1. The molecular weight excluding hydrogens is 330 g/mol. The number of hydrogen-bond donors (Lipinski definition) is 1. The number of halogens is 2. The van der Waals surface area contributed by atoms with Crippen LogP contribution in [0, 0.1) is 0 Å². The van der Waals surface area contributed by atoms with Crippen LogP contribution >= 0.6 is 27.5 Å². The first-order valence-electron chi connectivity index (χ1n) is 6.51. The van der Waals surface area contributed by atoms with Crippen LogP contribution in [0.1, 0.15) is 36.0 Å². The number of hydrogen-bond acceptors (Lipinski definition) is 2. The smallest absolute Gasteiger partial charge is 0.252 e. The first-order valence-corrected chi connectivity index (χ1v) is 7.69. The number of carbonyl (C=O) groups excluding carboxylic acids is 1. The van der Waals surface area contributed by atoms with Gasteiger partial charge in [-0.25, -0.2) is 0 Å².